The Balaban J connectivity index is 1.79. The smallest absolute Gasteiger partial charge is 0.223 e. The molecule has 1 aromatic rings. The molecule has 1 aliphatic rings. The van der Waals surface area contributed by atoms with Crippen molar-refractivity contribution in [2.24, 2.45) is 0 Å². The number of amides is 1. The number of aliphatic hydroxyl groups excluding tert-OH is 2. The quantitative estimate of drug-likeness (QED) is 0.424. The lowest BCUT2D eigenvalue weighted by atomic mass is 10.0. The molecule has 0 saturated carbocycles. The summed E-state index contributed by atoms with van der Waals surface area (Å²) in [5, 5.41) is 19.2. The average Bonchev–Trinajstić information content (AvgIpc) is 3.03. The molecular weight excluding hydrogens is 358 g/mol. The maximum Gasteiger partial charge on any atom is 0.223 e. The first-order chi connectivity index (χ1) is 13.1. The molecule has 0 radical (unpaired) electrons. The number of benzene rings is 1. The molecule has 27 heavy (non-hydrogen) atoms. The van der Waals surface area contributed by atoms with E-state index in [4.69, 9.17) is 5.11 Å². The van der Waals surface area contributed by atoms with Crippen LogP contribution in [0.4, 0.5) is 0 Å². The standard InChI is InChI=1S/C22H33NO3S/c1-2-18-6-5-7-19(16-18)17-21(25)10-8-20-9-11-22(26)23(20)12-15-27-14-4-3-13-24/h5-8,10,16,20-21,24-25H,2-4,9,11-15,17H2,1H3/b10-8+/t20-,21+/m0/s1. The Morgan fingerprint density at radius 2 is 2.11 bits per heavy atom. The highest BCUT2D eigenvalue weighted by Gasteiger charge is 2.28. The number of likely N-dealkylation sites (tertiary alicyclic amines) is 1. The summed E-state index contributed by atoms with van der Waals surface area (Å²) in [6.07, 6.45) is 8.23. The van der Waals surface area contributed by atoms with Crippen molar-refractivity contribution >= 4 is 17.7 Å². The summed E-state index contributed by atoms with van der Waals surface area (Å²) >= 11 is 1.84. The number of aliphatic hydroxyl groups is 2. The van der Waals surface area contributed by atoms with Crippen molar-refractivity contribution < 1.29 is 15.0 Å². The first-order valence-electron chi connectivity index (χ1n) is 10.1. The van der Waals surface area contributed by atoms with Gasteiger partial charge in [-0.3, -0.25) is 4.79 Å². The first kappa shape index (κ1) is 22.0. The second-order valence-corrected chi connectivity index (χ2v) is 8.29. The molecule has 1 fully saturated rings. The van der Waals surface area contributed by atoms with Crippen molar-refractivity contribution in [3.05, 3.63) is 47.5 Å². The van der Waals surface area contributed by atoms with Crippen LogP contribution in [0.25, 0.3) is 0 Å². The lowest BCUT2D eigenvalue weighted by molar-refractivity contribution is -0.128. The number of hydrogen-bond donors (Lipinski definition) is 2. The predicted octanol–water partition coefficient (Wildman–Crippen LogP) is 3.21. The van der Waals surface area contributed by atoms with Crippen LogP contribution in [-0.2, 0) is 17.6 Å². The summed E-state index contributed by atoms with van der Waals surface area (Å²) in [6, 6.07) is 8.45. The van der Waals surface area contributed by atoms with Gasteiger partial charge >= 0.3 is 0 Å². The molecule has 150 valence electrons. The van der Waals surface area contributed by atoms with E-state index < -0.39 is 6.10 Å². The summed E-state index contributed by atoms with van der Waals surface area (Å²) in [7, 11) is 0. The summed E-state index contributed by atoms with van der Waals surface area (Å²) < 4.78 is 0. The van der Waals surface area contributed by atoms with Crippen LogP contribution in [0.3, 0.4) is 0 Å². The van der Waals surface area contributed by atoms with Gasteiger partial charge in [-0.25, -0.2) is 0 Å². The van der Waals surface area contributed by atoms with E-state index in [-0.39, 0.29) is 18.6 Å². The third kappa shape index (κ3) is 7.68. The maximum atomic E-state index is 12.1. The summed E-state index contributed by atoms with van der Waals surface area (Å²) in [6.45, 7) is 3.14. The third-order valence-corrected chi connectivity index (χ3v) is 6.00. The molecule has 1 aliphatic heterocycles. The zero-order chi connectivity index (χ0) is 19.5. The van der Waals surface area contributed by atoms with Crippen LogP contribution in [0.15, 0.2) is 36.4 Å². The van der Waals surface area contributed by atoms with Gasteiger partial charge in [0.2, 0.25) is 5.91 Å². The van der Waals surface area contributed by atoms with Crippen molar-refractivity contribution in [1.29, 1.82) is 0 Å². The molecule has 0 aliphatic carbocycles. The molecule has 2 N–H and O–H groups in total. The van der Waals surface area contributed by atoms with Gasteiger partial charge in [0, 0.05) is 31.7 Å². The van der Waals surface area contributed by atoms with Gasteiger partial charge in [-0.05, 0) is 42.6 Å². The topological polar surface area (TPSA) is 60.8 Å². The number of hydrogen-bond acceptors (Lipinski definition) is 4. The number of nitrogens with zero attached hydrogens (tertiary/aromatic N) is 1. The predicted molar refractivity (Wildman–Crippen MR) is 113 cm³/mol. The zero-order valence-corrected chi connectivity index (χ0v) is 17.2. The SMILES string of the molecule is CCc1cccc(C[C@H](O)/C=C/[C@H]2CCC(=O)N2CCSCCCCO)c1. The fraction of sp³-hybridized carbons (Fsp3) is 0.591. The third-order valence-electron chi connectivity index (χ3n) is 4.95. The van der Waals surface area contributed by atoms with Crippen molar-refractivity contribution in [2.75, 3.05) is 24.7 Å². The fourth-order valence-corrected chi connectivity index (χ4v) is 4.31. The van der Waals surface area contributed by atoms with Crippen LogP contribution >= 0.6 is 11.8 Å². The molecule has 2 atom stereocenters. The molecule has 5 heteroatoms. The van der Waals surface area contributed by atoms with Crippen LogP contribution in [0.5, 0.6) is 0 Å². The van der Waals surface area contributed by atoms with Crippen molar-refractivity contribution in [3.8, 4) is 0 Å². The fourth-order valence-electron chi connectivity index (χ4n) is 3.37. The van der Waals surface area contributed by atoms with E-state index in [9.17, 15) is 9.90 Å². The second kappa shape index (κ2) is 12.2. The van der Waals surface area contributed by atoms with Crippen LogP contribution in [0.2, 0.25) is 0 Å². The highest BCUT2D eigenvalue weighted by Crippen LogP contribution is 2.21. The Kier molecular flexibility index (Phi) is 9.95. The van der Waals surface area contributed by atoms with Gasteiger partial charge in [-0.15, -0.1) is 0 Å². The molecule has 1 heterocycles. The number of carbonyl (C=O) groups is 1. The normalized spacial score (nSPS) is 18.6. The molecular formula is C22H33NO3S. The zero-order valence-electron chi connectivity index (χ0n) is 16.3. The van der Waals surface area contributed by atoms with E-state index in [0.29, 0.717) is 12.8 Å². The second-order valence-electron chi connectivity index (χ2n) is 7.07. The highest BCUT2D eigenvalue weighted by molar-refractivity contribution is 7.99. The molecule has 1 amide bonds. The van der Waals surface area contributed by atoms with Crippen LogP contribution in [0.1, 0.15) is 43.7 Å². The molecule has 1 saturated heterocycles. The van der Waals surface area contributed by atoms with Gasteiger partial charge in [0.25, 0.3) is 0 Å². The van der Waals surface area contributed by atoms with Gasteiger partial charge in [-0.1, -0.05) is 43.3 Å². The van der Waals surface area contributed by atoms with Crippen LogP contribution in [-0.4, -0.2) is 57.8 Å². The Morgan fingerprint density at radius 1 is 1.30 bits per heavy atom. The van der Waals surface area contributed by atoms with Crippen LogP contribution < -0.4 is 0 Å². The van der Waals surface area contributed by atoms with Crippen LogP contribution in [0, 0.1) is 0 Å². The van der Waals surface area contributed by atoms with Gasteiger partial charge in [-0.2, -0.15) is 11.8 Å². The summed E-state index contributed by atoms with van der Waals surface area (Å²) in [5.41, 5.74) is 2.43. The minimum Gasteiger partial charge on any atom is -0.396 e. The molecule has 4 nitrogen and oxygen atoms in total. The van der Waals surface area contributed by atoms with Crippen molar-refractivity contribution in [3.63, 3.8) is 0 Å². The number of aryl methyl sites for hydroxylation is 1. The lowest BCUT2D eigenvalue weighted by Crippen LogP contribution is -2.34. The Bertz CT molecular complexity index is 605. The number of thioether (sulfide) groups is 1. The largest absolute Gasteiger partial charge is 0.396 e. The molecule has 0 spiro atoms. The summed E-state index contributed by atoms with van der Waals surface area (Å²) in [5.74, 6) is 2.16. The van der Waals surface area contributed by atoms with Crippen molar-refractivity contribution in [2.45, 2.75) is 57.6 Å². The van der Waals surface area contributed by atoms with E-state index >= 15 is 0 Å². The monoisotopic (exact) mass is 391 g/mol. The molecule has 0 bridgehead atoms. The Hall–Kier alpha value is -1.30. The molecule has 2 rings (SSSR count). The van der Waals surface area contributed by atoms with Gasteiger partial charge in [0.1, 0.15) is 0 Å². The average molecular weight is 392 g/mol. The molecule has 0 aromatic heterocycles. The van der Waals surface area contributed by atoms with Gasteiger partial charge in [0.05, 0.1) is 12.1 Å². The lowest BCUT2D eigenvalue weighted by Gasteiger charge is -2.22. The minimum atomic E-state index is -0.525. The highest BCUT2D eigenvalue weighted by atomic mass is 32.2. The number of carbonyl (C=O) groups excluding carboxylic acids is 1. The minimum absolute atomic E-state index is 0.104. The Morgan fingerprint density at radius 3 is 2.89 bits per heavy atom. The first-order valence-corrected chi connectivity index (χ1v) is 11.2. The Labute approximate surface area is 167 Å². The van der Waals surface area contributed by atoms with E-state index in [2.05, 4.69) is 25.1 Å². The van der Waals surface area contributed by atoms with E-state index in [1.165, 1.54) is 5.56 Å². The van der Waals surface area contributed by atoms with E-state index in [1.54, 1.807) is 0 Å². The molecule has 1 aromatic carbocycles. The van der Waals surface area contributed by atoms with Crippen molar-refractivity contribution in [1.82, 2.24) is 4.90 Å². The van der Waals surface area contributed by atoms with Gasteiger partial charge < -0.3 is 15.1 Å². The molecule has 0 unspecified atom stereocenters. The maximum absolute atomic E-state index is 12.1. The van der Waals surface area contributed by atoms with E-state index in [1.807, 2.05) is 34.9 Å². The van der Waals surface area contributed by atoms with E-state index in [0.717, 1.165) is 49.3 Å². The summed E-state index contributed by atoms with van der Waals surface area (Å²) in [4.78, 5) is 14.1. The number of rotatable bonds is 12. The number of unbranched alkanes of at least 4 members (excludes halogenated alkanes) is 1. The van der Waals surface area contributed by atoms with Gasteiger partial charge in [0.15, 0.2) is 0 Å².